The van der Waals surface area contributed by atoms with Gasteiger partial charge in [0.15, 0.2) is 0 Å². The van der Waals surface area contributed by atoms with Crippen molar-refractivity contribution < 1.29 is 18.8 Å². The second-order valence-corrected chi connectivity index (χ2v) is 7.80. The third kappa shape index (κ3) is 5.41. The van der Waals surface area contributed by atoms with Crippen molar-refractivity contribution in [2.24, 2.45) is 4.99 Å². The van der Waals surface area contributed by atoms with Gasteiger partial charge in [-0.25, -0.2) is 23.9 Å². The van der Waals surface area contributed by atoms with Gasteiger partial charge in [0.25, 0.3) is 5.88 Å². The third-order valence-corrected chi connectivity index (χ3v) is 5.27. The summed E-state index contributed by atoms with van der Waals surface area (Å²) in [7, 11) is 1.18. The van der Waals surface area contributed by atoms with Gasteiger partial charge in [-0.3, -0.25) is 9.55 Å². The van der Waals surface area contributed by atoms with Crippen LogP contribution >= 0.6 is 11.6 Å². The topological polar surface area (TPSA) is 134 Å². The van der Waals surface area contributed by atoms with E-state index in [0.717, 1.165) is 10.1 Å². The third-order valence-electron chi connectivity index (χ3n) is 5.02. The molecule has 0 aliphatic carbocycles. The number of hydrogen-bond acceptors (Lipinski definition) is 8. The summed E-state index contributed by atoms with van der Waals surface area (Å²) in [6.07, 6.45) is 1.39. The van der Waals surface area contributed by atoms with E-state index in [0.29, 0.717) is 22.3 Å². The molecule has 2 heterocycles. The quantitative estimate of drug-likeness (QED) is 0.388. The Morgan fingerprint density at radius 2 is 1.86 bits per heavy atom. The first-order chi connectivity index (χ1) is 16.9. The van der Waals surface area contributed by atoms with Gasteiger partial charge in [0, 0.05) is 11.1 Å². The van der Waals surface area contributed by atoms with Gasteiger partial charge in [0.2, 0.25) is 5.62 Å². The Balaban J connectivity index is 1.79. The molecule has 0 aliphatic rings. The predicted octanol–water partition coefficient (Wildman–Crippen LogP) is 2.79. The van der Waals surface area contributed by atoms with Crippen LogP contribution in [0.15, 0.2) is 80.0 Å². The second kappa shape index (κ2) is 10.3. The molecule has 1 atom stereocenters. The van der Waals surface area contributed by atoms with E-state index < -0.39 is 23.4 Å². The van der Waals surface area contributed by atoms with E-state index in [1.807, 2.05) is 0 Å². The van der Waals surface area contributed by atoms with Crippen LogP contribution in [0.1, 0.15) is 18.5 Å². The Labute approximate surface area is 202 Å². The standard InChI is InChI=1S/C23H20ClN5O6/c1-14(20(30)33-2)29-22(31)26-21(28(23(29)32)13-15-3-5-16(24)6-4-15)25-17-7-9-18(10-8-17)35-19-11-12-34-27-19/h3-12,14H,13H2,1-2H3,(H,25,26,31)/t14-/m1/s1. The molecule has 180 valence electrons. The van der Waals surface area contributed by atoms with Gasteiger partial charge >= 0.3 is 17.3 Å². The van der Waals surface area contributed by atoms with Crippen molar-refractivity contribution in [2.45, 2.75) is 19.5 Å². The van der Waals surface area contributed by atoms with Crippen molar-refractivity contribution in [1.82, 2.24) is 19.3 Å². The van der Waals surface area contributed by atoms with Crippen LogP contribution < -0.4 is 21.7 Å². The molecule has 0 amide bonds. The van der Waals surface area contributed by atoms with Crippen molar-refractivity contribution in [3.8, 4) is 11.6 Å². The van der Waals surface area contributed by atoms with Crippen molar-refractivity contribution in [2.75, 3.05) is 7.11 Å². The first-order valence-electron chi connectivity index (χ1n) is 10.4. The number of aromatic nitrogens is 4. The van der Waals surface area contributed by atoms with Crippen molar-refractivity contribution >= 4 is 23.3 Å². The number of carbonyl (C=O) groups excluding carboxylic acids is 1. The van der Waals surface area contributed by atoms with Gasteiger partial charge < -0.3 is 14.0 Å². The smallest absolute Gasteiger partial charge is 0.336 e. The molecule has 0 aliphatic heterocycles. The summed E-state index contributed by atoms with van der Waals surface area (Å²) in [5.74, 6) is 0.0499. The molecule has 0 bridgehead atoms. The van der Waals surface area contributed by atoms with E-state index in [-0.39, 0.29) is 12.2 Å². The van der Waals surface area contributed by atoms with Gasteiger partial charge in [-0.05, 0) is 54.0 Å². The van der Waals surface area contributed by atoms with Crippen molar-refractivity contribution in [1.29, 1.82) is 0 Å². The zero-order chi connectivity index (χ0) is 24.9. The Bertz CT molecular complexity index is 1500. The average molecular weight is 498 g/mol. The maximum atomic E-state index is 13.3. The number of aromatic amines is 1. The molecule has 1 N–H and O–H groups in total. The van der Waals surface area contributed by atoms with Crippen molar-refractivity contribution in [3.63, 3.8) is 0 Å². The summed E-state index contributed by atoms with van der Waals surface area (Å²) >= 11 is 5.97. The van der Waals surface area contributed by atoms with Crippen LogP contribution in [0.3, 0.4) is 0 Å². The van der Waals surface area contributed by atoms with Crippen LogP contribution in [-0.4, -0.2) is 32.4 Å². The highest BCUT2D eigenvalue weighted by molar-refractivity contribution is 6.30. The minimum absolute atomic E-state index is 0.00608. The lowest BCUT2D eigenvalue weighted by atomic mass is 10.2. The largest absolute Gasteiger partial charge is 0.467 e. The number of esters is 1. The number of benzene rings is 2. The Morgan fingerprint density at radius 3 is 2.49 bits per heavy atom. The highest BCUT2D eigenvalue weighted by Crippen LogP contribution is 2.22. The van der Waals surface area contributed by atoms with Gasteiger partial charge in [-0.15, -0.1) is 0 Å². The van der Waals surface area contributed by atoms with E-state index in [9.17, 15) is 14.4 Å². The van der Waals surface area contributed by atoms with E-state index in [2.05, 4.69) is 15.1 Å². The molecule has 0 saturated carbocycles. The summed E-state index contributed by atoms with van der Waals surface area (Å²) in [5, 5.41) is 4.21. The molecular formula is C23H20ClN5O6. The van der Waals surface area contributed by atoms with Crippen LogP contribution in [0.25, 0.3) is 0 Å². The lowest BCUT2D eigenvalue weighted by Crippen LogP contribution is -2.52. The lowest BCUT2D eigenvalue weighted by molar-refractivity contribution is -0.144. The lowest BCUT2D eigenvalue weighted by Gasteiger charge is -2.15. The number of nitrogens with one attached hydrogen (secondary N) is 1. The zero-order valence-electron chi connectivity index (χ0n) is 18.7. The van der Waals surface area contributed by atoms with Crippen LogP contribution in [0.4, 0.5) is 5.69 Å². The molecule has 12 heteroatoms. The number of methoxy groups -OCH3 is 1. The molecule has 35 heavy (non-hydrogen) atoms. The second-order valence-electron chi connectivity index (χ2n) is 7.36. The number of halogens is 1. The van der Waals surface area contributed by atoms with Crippen LogP contribution in [0, 0.1) is 0 Å². The van der Waals surface area contributed by atoms with Gasteiger partial charge in [-0.1, -0.05) is 23.7 Å². The molecule has 4 rings (SSSR count). The maximum Gasteiger partial charge on any atom is 0.336 e. The van der Waals surface area contributed by atoms with Crippen LogP contribution in [0.2, 0.25) is 5.02 Å². The molecule has 0 spiro atoms. The monoisotopic (exact) mass is 497 g/mol. The highest BCUT2D eigenvalue weighted by Gasteiger charge is 2.21. The molecule has 0 radical (unpaired) electrons. The fraction of sp³-hybridized carbons (Fsp3) is 0.174. The number of ether oxygens (including phenoxy) is 2. The van der Waals surface area contributed by atoms with Gasteiger partial charge in [-0.2, -0.15) is 0 Å². The summed E-state index contributed by atoms with van der Waals surface area (Å²) in [6.45, 7) is 1.46. The summed E-state index contributed by atoms with van der Waals surface area (Å²) in [4.78, 5) is 45.2. The zero-order valence-corrected chi connectivity index (χ0v) is 19.4. The minimum Gasteiger partial charge on any atom is -0.467 e. The molecule has 0 fully saturated rings. The van der Waals surface area contributed by atoms with Crippen LogP contribution in [0.5, 0.6) is 11.6 Å². The summed E-state index contributed by atoms with van der Waals surface area (Å²) in [5.41, 5.74) is -0.366. The number of carbonyl (C=O) groups is 1. The fourth-order valence-electron chi connectivity index (χ4n) is 3.24. The molecule has 11 nitrogen and oxygen atoms in total. The van der Waals surface area contributed by atoms with Crippen molar-refractivity contribution in [3.05, 3.63) is 98.0 Å². The minimum atomic E-state index is -1.14. The fourth-order valence-corrected chi connectivity index (χ4v) is 3.36. The SMILES string of the molecule is COC(=O)[C@@H](C)n1c(=O)[nH]/c(=N\c2ccc(Oc3ccon3)cc2)n(Cc2ccc(Cl)cc2)c1=O. The molecule has 2 aromatic carbocycles. The first kappa shape index (κ1) is 23.8. The highest BCUT2D eigenvalue weighted by atomic mass is 35.5. The number of H-pyrrole nitrogens is 1. The molecule has 4 aromatic rings. The van der Waals surface area contributed by atoms with Gasteiger partial charge in [0.1, 0.15) is 18.1 Å². The molecule has 2 aromatic heterocycles. The molecular weight excluding hydrogens is 478 g/mol. The Morgan fingerprint density at radius 1 is 1.14 bits per heavy atom. The Hall–Kier alpha value is -4.38. The van der Waals surface area contributed by atoms with E-state index in [4.69, 9.17) is 25.6 Å². The maximum absolute atomic E-state index is 13.3. The average Bonchev–Trinajstić information content (AvgIpc) is 3.36. The van der Waals surface area contributed by atoms with Crippen LogP contribution in [-0.2, 0) is 16.1 Å². The predicted molar refractivity (Wildman–Crippen MR) is 125 cm³/mol. The molecule has 0 unspecified atom stereocenters. The number of rotatable bonds is 7. The number of nitrogens with zero attached hydrogens (tertiary/aromatic N) is 4. The van der Waals surface area contributed by atoms with E-state index in [1.54, 1.807) is 54.6 Å². The Kier molecular flexibility index (Phi) is 6.97. The van der Waals surface area contributed by atoms with E-state index >= 15 is 0 Å². The summed E-state index contributed by atoms with van der Waals surface area (Å²) in [6, 6.07) is 13.9. The van der Waals surface area contributed by atoms with Gasteiger partial charge in [0.05, 0.1) is 19.3 Å². The number of hydrogen-bond donors (Lipinski definition) is 1. The first-order valence-corrected chi connectivity index (χ1v) is 10.7. The van der Waals surface area contributed by atoms with E-state index in [1.165, 1.54) is 24.9 Å². The summed E-state index contributed by atoms with van der Waals surface area (Å²) < 4.78 is 17.0. The normalized spacial score (nSPS) is 12.4. The molecule has 0 saturated heterocycles.